The van der Waals surface area contributed by atoms with Crippen LogP contribution in [-0.4, -0.2) is 18.5 Å². The molecule has 0 spiro atoms. The molecule has 0 aromatic heterocycles. The molecule has 0 aliphatic carbocycles. The van der Waals surface area contributed by atoms with Crippen LogP contribution < -0.4 is 14.4 Å². The van der Waals surface area contributed by atoms with Crippen molar-refractivity contribution in [2.24, 2.45) is 0 Å². The maximum Gasteiger partial charge on any atom is 0.338 e. The van der Waals surface area contributed by atoms with Crippen LogP contribution in [0.4, 0.5) is 10.5 Å². The van der Waals surface area contributed by atoms with Gasteiger partial charge in [0.25, 0.3) is 5.91 Å². The number of urea groups is 1. The van der Waals surface area contributed by atoms with Gasteiger partial charge in [-0.3, -0.25) is 10.1 Å². The number of anilines is 1. The molecule has 27 heavy (non-hydrogen) atoms. The Morgan fingerprint density at radius 1 is 0.815 bits per heavy atom. The van der Waals surface area contributed by atoms with Crippen LogP contribution in [0, 0.1) is 0 Å². The van der Waals surface area contributed by atoms with Crippen LogP contribution in [0.1, 0.15) is 0 Å². The first-order valence-corrected chi connectivity index (χ1v) is 8.69. The van der Waals surface area contributed by atoms with Gasteiger partial charge < -0.3 is 4.74 Å². The van der Waals surface area contributed by atoms with Crippen LogP contribution in [-0.2, 0) is 4.79 Å². The van der Waals surface area contributed by atoms with Crippen LogP contribution >= 0.6 is 12.8 Å². The number of nitrogens with zero attached hydrogens (tertiary/aromatic N) is 1. The molecule has 0 heterocycles. The van der Waals surface area contributed by atoms with E-state index in [2.05, 4.69) is 18.1 Å². The van der Waals surface area contributed by atoms with Gasteiger partial charge in [0.2, 0.25) is 0 Å². The Morgan fingerprint density at radius 3 is 2.00 bits per heavy atom. The maximum absolute atomic E-state index is 12.2. The minimum absolute atomic E-state index is 0.260. The summed E-state index contributed by atoms with van der Waals surface area (Å²) in [6, 6.07) is 25.5. The fourth-order valence-corrected chi connectivity index (χ4v) is 2.60. The van der Waals surface area contributed by atoms with Crippen LogP contribution in [0.15, 0.2) is 84.9 Å². The van der Waals surface area contributed by atoms with E-state index >= 15 is 0 Å². The van der Waals surface area contributed by atoms with Crippen molar-refractivity contribution < 1.29 is 14.3 Å². The zero-order valence-electron chi connectivity index (χ0n) is 14.4. The monoisotopic (exact) mass is 378 g/mol. The van der Waals surface area contributed by atoms with Gasteiger partial charge in [0.1, 0.15) is 5.75 Å². The summed E-state index contributed by atoms with van der Waals surface area (Å²) in [5.74, 6) is 0.00291. The molecule has 0 unspecified atom stereocenters. The van der Waals surface area contributed by atoms with Gasteiger partial charge in [0.05, 0.1) is 5.69 Å². The normalized spacial score (nSPS) is 10.1. The molecule has 0 aliphatic heterocycles. The lowest BCUT2D eigenvalue weighted by Crippen LogP contribution is -2.40. The maximum atomic E-state index is 12.2. The second-order valence-corrected chi connectivity index (χ2v) is 6.08. The first kappa shape index (κ1) is 18.5. The van der Waals surface area contributed by atoms with Crippen LogP contribution in [0.2, 0.25) is 0 Å². The molecule has 0 fully saturated rings. The summed E-state index contributed by atoms with van der Waals surface area (Å²) in [5, 5.41) is 2.24. The molecule has 3 aromatic carbocycles. The number of hydrogen-bond donors (Lipinski definition) is 2. The molecule has 6 heteroatoms. The molecule has 0 saturated heterocycles. The van der Waals surface area contributed by atoms with Gasteiger partial charge in [-0.2, -0.15) is 0 Å². The molecular weight excluding hydrogens is 360 g/mol. The average molecular weight is 378 g/mol. The first-order chi connectivity index (χ1) is 13.1. The van der Waals surface area contributed by atoms with E-state index in [1.165, 1.54) is 0 Å². The van der Waals surface area contributed by atoms with Gasteiger partial charge in [-0.25, -0.2) is 9.10 Å². The van der Waals surface area contributed by atoms with Crippen molar-refractivity contribution in [1.82, 2.24) is 5.32 Å². The van der Waals surface area contributed by atoms with Crippen molar-refractivity contribution in [1.29, 1.82) is 0 Å². The highest BCUT2D eigenvalue weighted by Gasteiger charge is 2.15. The van der Waals surface area contributed by atoms with Crippen LogP contribution in [0.3, 0.4) is 0 Å². The van der Waals surface area contributed by atoms with Crippen molar-refractivity contribution in [2.75, 3.05) is 10.9 Å². The van der Waals surface area contributed by atoms with Gasteiger partial charge in [-0.1, -0.05) is 73.5 Å². The number of para-hydroxylation sites is 1. The van der Waals surface area contributed by atoms with E-state index < -0.39 is 11.9 Å². The van der Waals surface area contributed by atoms with Gasteiger partial charge in [0.15, 0.2) is 6.61 Å². The molecule has 3 amide bonds. The van der Waals surface area contributed by atoms with Crippen molar-refractivity contribution >= 4 is 30.4 Å². The van der Waals surface area contributed by atoms with Crippen LogP contribution in [0.25, 0.3) is 11.1 Å². The molecule has 1 N–H and O–H groups in total. The largest absolute Gasteiger partial charge is 0.484 e. The third-order valence-electron chi connectivity index (χ3n) is 3.77. The first-order valence-electron chi connectivity index (χ1n) is 8.29. The number of ether oxygens (including phenoxy) is 1. The molecule has 5 nitrogen and oxygen atoms in total. The number of carbonyl (C=O) groups is 2. The summed E-state index contributed by atoms with van der Waals surface area (Å²) in [6.45, 7) is -0.260. The number of carbonyl (C=O) groups excluding carboxylic acids is 2. The lowest BCUT2D eigenvalue weighted by molar-refractivity contribution is -0.121. The third kappa shape index (κ3) is 5.12. The van der Waals surface area contributed by atoms with Crippen molar-refractivity contribution in [2.45, 2.75) is 0 Å². The Bertz CT molecular complexity index is 900. The Hall–Kier alpha value is -3.25. The van der Waals surface area contributed by atoms with E-state index in [-0.39, 0.29) is 6.61 Å². The molecule has 0 radical (unpaired) electrons. The van der Waals surface area contributed by atoms with Gasteiger partial charge in [-0.15, -0.1) is 0 Å². The Kier molecular flexibility index (Phi) is 6.12. The van der Waals surface area contributed by atoms with E-state index in [0.29, 0.717) is 11.4 Å². The molecule has 0 saturated carbocycles. The SMILES string of the molecule is O=C(COc1ccccc1)NC(=O)N(S)c1ccc(-c2ccccc2)cc1. The Morgan fingerprint density at radius 2 is 1.37 bits per heavy atom. The van der Waals surface area contributed by atoms with Crippen LogP contribution in [0.5, 0.6) is 5.75 Å². The number of amides is 3. The number of hydrogen-bond acceptors (Lipinski definition) is 4. The lowest BCUT2D eigenvalue weighted by atomic mass is 10.1. The fourth-order valence-electron chi connectivity index (χ4n) is 2.42. The van der Waals surface area contributed by atoms with Gasteiger partial charge in [0, 0.05) is 0 Å². The smallest absolute Gasteiger partial charge is 0.338 e. The van der Waals surface area contributed by atoms with Gasteiger partial charge in [-0.05, 0) is 35.4 Å². The molecule has 3 aromatic rings. The van der Waals surface area contributed by atoms with E-state index in [0.717, 1.165) is 15.4 Å². The summed E-state index contributed by atoms with van der Waals surface area (Å²) in [6.07, 6.45) is 0. The highest BCUT2D eigenvalue weighted by molar-refractivity contribution is 7.82. The Labute approximate surface area is 163 Å². The van der Waals surface area contributed by atoms with E-state index in [4.69, 9.17) is 4.74 Å². The number of imide groups is 1. The molecule has 0 aliphatic rings. The fraction of sp³-hybridized carbons (Fsp3) is 0.0476. The van der Waals surface area contributed by atoms with E-state index in [9.17, 15) is 9.59 Å². The second-order valence-electron chi connectivity index (χ2n) is 5.68. The van der Waals surface area contributed by atoms with E-state index in [1.807, 2.05) is 48.5 Å². The highest BCUT2D eigenvalue weighted by Crippen LogP contribution is 2.23. The summed E-state index contributed by atoms with van der Waals surface area (Å²) in [7, 11) is 0. The van der Waals surface area contributed by atoms with Crippen molar-refractivity contribution in [3.8, 4) is 16.9 Å². The molecule has 0 atom stereocenters. The number of rotatable bonds is 5. The zero-order chi connectivity index (χ0) is 19.1. The third-order valence-corrected chi connectivity index (χ3v) is 4.18. The molecule has 3 rings (SSSR count). The minimum atomic E-state index is -0.646. The molecule has 136 valence electrons. The quantitative estimate of drug-likeness (QED) is 0.650. The highest BCUT2D eigenvalue weighted by atomic mass is 32.1. The molecule has 0 bridgehead atoms. The Balaban J connectivity index is 1.56. The minimum Gasteiger partial charge on any atom is -0.484 e. The van der Waals surface area contributed by atoms with Gasteiger partial charge >= 0.3 is 6.03 Å². The predicted octanol–water partition coefficient (Wildman–Crippen LogP) is 4.32. The lowest BCUT2D eigenvalue weighted by Gasteiger charge is -2.16. The molecular formula is C21H18N2O3S. The predicted molar refractivity (Wildman–Crippen MR) is 109 cm³/mol. The average Bonchev–Trinajstić information content (AvgIpc) is 2.73. The summed E-state index contributed by atoms with van der Waals surface area (Å²) in [5.41, 5.74) is 2.65. The summed E-state index contributed by atoms with van der Waals surface area (Å²) in [4.78, 5) is 24.1. The summed E-state index contributed by atoms with van der Waals surface area (Å²) < 4.78 is 6.39. The number of benzene rings is 3. The summed E-state index contributed by atoms with van der Waals surface area (Å²) >= 11 is 4.18. The zero-order valence-corrected chi connectivity index (χ0v) is 15.3. The topological polar surface area (TPSA) is 58.6 Å². The number of nitrogens with one attached hydrogen (secondary N) is 1. The number of thiol groups is 1. The van der Waals surface area contributed by atoms with Crippen molar-refractivity contribution in [3.63, 3.8) is 0 Å². The second kappa shape index (κ2) is 8.91. The standard InChI is InChI=1S/C21H18N2O3S/c24-20(15-26-19-9-5-2-6-10-19)22-21(25)23(27)18-13-11-17(12-14-18)16-7-3-1-4-8-16/h1-14,27H,15H2,(H,22,24,25). The van der Waals surface area contributed by atoms with E-state index in [1.54, 1.807) is 36.4 Å². The van der Waals surface area contributed by atoms with Crippen molar-refractivity contribution in [3.05, 3.63) is 84.9 Å².